The second kappa shape index (κ2) is 9.15. The van der Waals surface area contributed by atoms with Gasteiger partial charge in [0.15, 0.2) is 5.76 Å². The summed E-state index contributed by atoms with van der Waals surface area (Å²) in [4.78, 5) is 17.0. The molecule has 0 N–H and O–H groups in total. The summed E-state index contributed by atoms with van der Waals surface area (Å²) in [6, 6.07) is 12.4. The average molecular weight is 401 g/mol. The average Bonchev–Trinajstić information content (AvgIpc) is 3.42. The SMILES string of the molecule is O=C(c1ccc(CN(Cc2ccccc2Cl)C2CCCCC2)o1)N1CCCC1. The summed E-state index contributed by atoms with van der Waals surface area (Å²) in [5.41, 5.74) is 1.15. The van der Waals surface area contributed by atoms with Crippen molar-refractivity contribution in [1.82, 2.24) is 9.80 Å². The standard InChI is InChI=1S/C23H29ClN2O2/c24-21-11-5-4-8-18(21)16-26(19-9-2-1-3-10-19)17-20-12-13-22(28-20)23(27)25-14-6-7-15-25/h4-5,8,11-13,19H,1-3,6-7,9-10,14-17H2. The second-order valence-corrected chi connectivity index (χ2v) is 8.46. The maximum atomic E-state index is 12.6. The fourth-order valence-corrected chi connectivity index (χ4v) is 4.66. The monoisotopic (exact) mass is 400 g/mol. The predicted molar refractivity (Wildman–Crippen MR) is 111 cm³/mol. The molecule has 0 spiro atoms. The van der Waals surface area contributed by atoms with Crippen molar-refractivity contribution in [3.63, 3.8) is 0 Å². The first-order valence-corrected chi connectivity index (χ1v) is 10.9. The van der Waals surface area contributed by atoms with Gasteiger partial charge in [0.1, 0.15) is 5.76 Å². The largest absolute Gasteiger partial charge is 0.455 e. The molecular weight excluding hydrogens is 372 g/mol. The third-order valence-corrected chi connectivity index (χ3v) is 6.42. The van der Waals surface area contributed by atoms with Gasteiger partial charge < -0.3 is 9.32 Å². The quantitative estimate of drug-likeness (QED) is 0.642. The minimum atomic E-state index is 0.0269. The van der Waals surface area contributed by atoms with Crippen LogP contribution in [0.15, 0.2) is 40.8 Å². The van der Waals surface area contributed by atoms with Crippen LogP contribution < -0.4 is 0 Å². The van der Waals surface area contributed by atoms with Gasteiger partial charge in [-0.25, -0.2) is 0 Å². The summed E-state index contributed by atoms with van der Waals surface area (Å²) in [6.07, 6.45) is 8.49. The third kappa shape index (κ3) is 4.61. The molecule has 1 aromatic heterocycles. The Labute approximate surface area is 172 Å². The van der Waals surface area contributed by atoms with E-state index in [2.05, 4.69) is 11.0 Å². The lowest BCUT2D eigenvalue weighted by molar-refractivity contribution is 0.0753. The predicted octanol–water partition coefficient (Wildman–Crippen LogP) is 5.50. The Kier molecular flexibility index (Phi) is 6.38. The lowest BCUT2D eigenvalue weighted by Gasteiger charge is -2.34. The summed E-state index contributed by atoms with van der Waals surface area (Å²) in [5, 5.41) is 0.813. The van der Waals surface area contributed by atoms with E-state index in [0.29, 0.717) is 18.3 Å². The molecular formula is C23H29ClN2O2. The van der Waals surface area contributed by atoms with Crippen LogP contribution >= 0.6 is 11.6 Å². The summed E-state index contributed by atoms with van der Waals surface area (Å²) in [7, 11) is 0. The smallest absolute Gasteiger partial charge is 0.289 e. The number of nitrogens with zero attached hydrogens (tertiary/aromatic N) is 2. The fraction of sp³-hybridized carbons (Fsp3) is 0.522. The minimum absolute atomic E-state index is 0.0269. The Morgan fingerprint density at radius 1 is 1.00 bits per heavy atom. The topological polar surface area (TPSA) is 36.7 Å². The summed E-state index contributed by atoms with van der Waals surface area (Å²) >= 11 is 6.43. The van der Waals surface area contributed by atoms with E-state index in [1.165, 1.54) is 32.1 Å². The molecule has 1 aromatic carbocycles. The van der Waals surface area contributed by atoms with Crippen molar-refractivity contribution in [2.45, 2.75) is 64.1 Å². The molecule has 2 fully saturated rings. The van der Waals surface area contributed by atoms with Crippen LogP contribution in [0.2, 0.25) is 5.02 Å². The number of amides is 1. The lowest BCUT2D eigenvalue weighted by atomic mass is 9.93. The van der Waals surface area contributed by atoms with Crippen LogP contribution in [0.3, 0.4) is 0 Å². The maximum absolute atomic E-state index is 12.6. The summed E-state index contributed by atoms with van der Waals surface area (Å²) in [6.45, 7) is 3.20. The van der Waals surface area contributed by atoms with Crippen LogP contribution in [0.4, 0.5) is 0 Å². The van der Waals surface area contributed by atoms with E-state index in [1.807, 2.05) is 35.2 Å². The van der Waals surface area contributed by atoms with Crippen LogP contribution in [-0.4, -0.2) is 34.8 Å². The zero-order valence-electron chi connectivity index (χ0n) is 16.4. The van der Waals surface area contributed by atoms with Crippen molar-refractivity contribution in [1.29, 1.82) is 0 Å². The van der Waals surface area contributed by atoms with Crippen molar-refractivity contribution < 1.29 is 9.21 Å². The van der Waals surface area contributed by atoms with E-state index in [-0.39, 0.29) is 5.91 Å². The highest BCUT2D eigenvalue weighted by atomic mass is 35.5. The summed E-state index contributed by atoms with van der Waals surface area (Å²) in [5.74, 6) is 1.36. The van der Waals surface area contributed by atoms with E-state index >= 15 is 0 Å². The molecule has 0 radical (unpaired) electrons. The molecule has 2 heterocycles. The number of benzene rings is 1. The second-order valence-electron chi connectivity index (χ2n) is 8.05. The maximum Gasteiger partial charge on any atom is 0.289 e. The number of likely N-dealkylation sites (tertiary alicyclic amines) is 1. The minimum Gasteiger partial charge on any atom is -0.455 e. The Morgan fingerprint density at radius 3 is 2.50 bits per heavy atom. The van der Waals surface area contributed by atoms with Gasteiger partial charge in [-0.15, -0.1) is 0 Å². The molecule has 5 heteroatoms. The number of rotatable bonds is 6. The molecule has 150 valence electrons. The first-order chi connectivity index (χ1) is 13.7. The first kappa shape index (κ1) is 19.5. The van der Waals surface area contributed by atoms with E-state index in [4.69, 9.17) is 16.0 Å². The molecule has 28 heavy (non-hydrogen) atoms. The van der Waals surface area contributed by atoms with Gasteiger partial charge in [-0.2, -0.15) is 0 Å². The van der Waals surface area contributed by atoms with Crippen molar-refractivity contribution in [2.75, 3.05) is 13.1 Å². The molecule has 0 bridgehead atoms. The molecule has 1 amide bonds. The van der Waals surface area contributed by atoms with E-state index in [0.717, 1.165) is 48.8 Å². The van der Waals surface area contributed by atoms with Crippen LogP contribution in [0.25, 0.3) is 0 Å². The van der Waals surface area contributed by atoms with E-state index in [9.17, 15) is 4.79 Å². The van der Waals surface area contributed by atoms with Crippen molar-refractivity contribution in [3.05, 3.63) is 58.5 Å². The number of carbonyl (C=O) groups is 1. The van der Waals surface area contributed by atoms with Gasteiger partial charge in [0.2, 0.25) is 0 Å². The van der Waals surface area contributed by atoms with Gasteiger partial charge in [0, 0.05) is 30.7 Å². The zero-order chi connectivity index (χ0) is 19.3. The highest BCUT2D eigenvalue weighted by Gasteiger charge is 2.25. The molecule has 1 aliphatic carbocycles. The normalized spacial score (nSPS) is 18.1. The van der Waals surface area contributed by atoms with Gasteiger partial charge in [-0.3, -0.25) is 9.69 Å². The third-order valence-electron chi connectivity index (χ3n) is 6.05. The van der Waals surface area contributed by atoms with E-state index < -0.39 is 0 Å². The molecule has 1 aliphatic heterocycles. The highest BCUT2D eigenvalue weighted by molar-refractivity contribution is 6.31. The molecule has 4 rings (SSSR count). The molecule has 0 unspecified atom stereocenters. The zero-order valence-corrected chi connectivity index (χ0v) is 17.2. The van der Waals surface area contributed by atoms with Crippen molar-refractivity contribution in [2.24, 2.45) is 0 Å². The molecule has 1 saturated heterocycles. The Balaban J connectivity index is 1.49. The van der Waals surface area contributed by atoms with Crippen LogP contribution in [-0.2, 0) is 13.1 Å². The Morgan fingerprint density at radius 2 is 1.75 bits per heavy atom. The van der Waals surface area contributed by atoms with Gasteiger partial charge in [-0.05, 0) is 49.4 Å². The molecule has 2 aromatic rings. The first-order valence-electron chi connectivity index (χ1n) is 10.6. The number of hydrogen-bond donors (Lipinski definition) is 0. The Bertz CT molecular complexity index is 791. The lowest BCUT2D eigenvalue weighted by Crippen LogP contribution is -2.35. The van der Waals surface area contributed by atoms with Gasteiger partial charge >= 0.3 is 0 Å². The number of hydrogen-bond acceptors (Lipinski definition) is 3. The van der Waals surface area contributed by atoms with Crippen LogP contribution in [0.5, 0.6) is 0 Å². The molecule has 4 nitrogen and oxygen atoms in total. The number of furan rings is 1. The van der Waals surface area contributed by atoms with E-state index in [1.54, 1.807) is 0 Å². The van der Waals surface area contributed by atoms with Crippen LogP contribution in [0, 0.1) is 0 Å². The number of carbonyl (C=O) groups excluding carboxylic acids is 1. The number of halogens is 1. The van der Waals surface area contributed by atoms with Crippen molar-refractivity contribution in [3.8, 4) is 0 Å². The molecule has 1 saturated carbocycles. The Hall–Kier alpha value is -1.78. The molecule has 0 atom stereocenters. The highest BCUT2D eigenvalue weighted by Crippen LogP contribution is 2.28. The van der Waals surface area contributed by atoms with Crippen LogP contribution in [0.1, 0.15) is 66.8 Å². The van der Waals surface area contributed by atoms with Gasteiger partial charge in [0.25, 0.3) is 5.91 Å². The van der Waals surface area contributed by atoms with Gasteiger partial charge in [-0.1, -0.05) is 49.1 Å². The van der Waals surface area contributed by atoms with Gasteiger partial charge in [0.05, 0.1) is 6.54 Å². The molecule has 2 aliphatic rings. The van der Waals surface area contributed by atoms with Crippen molar-refractivity contribution >= 4 is 17.5 Å². The fourth-order valence-electron chi connectivity index (χ4n) is 4.46. The summed E-state index contributed by atoms with van der Waals surface area (Å²) < 4.78 is 5.98.